The van der Waals surface area contributed by atoms with Crippen LogP contribution in [0.3, 0.4) is 0 Å². The van der Waals surface area contributed by atoms with Crippen molar-refractivity contribution in [3.63, 3.8) is 0 Å². The van der Waals surface area contributed by atoms with Crippen molar-refractivity contribution >= 4 is 29.7 Å². The van der Waals surface area contributed by atoms with Gasteiger partial charge in [-0.1, -0.05) is 36.4 Å². The highest BCUT2D eigenvalue weighted by atomic mass is 32.2. The van der Waals surface area contributed by atoms with Gasteiger partial charge in [0.1, 0.15) is 0 Å². The van der Waals surface area contributed by atoms with Gasteiger partial charge in [-0.15, -0.1) is 0 Å². The molecule has 0 aliphatic carbocycles. The van der Waals surface area contributed by atoms with Crippen LogP contribution in [0.1, 0.15) is 6.92 Å². The maximum absolute atomic E-state index is 11.2. The van der Waals surface area contributed by atoms with Crippen LogP contribution in [-0.4, -0.2) is 13.2 Å². The third-order valence-corrected chi connectivity index (χ3v) is 5.60. The summed E-state index contributed by atoms with van der Waals surface area (Å²) in [6.07, 6.45) is 0. The molecular formula is C20H18BF4NOS. The van der Waals surface area contributed by atoms with Gasteiger partial charge in [0.05, 0.1) is 10.9 Å². The zero-order valence-corrected chi connectivity index (χ0v) is 15.8. The Bertz CT molecular complexity index is 829. The summed E-state index contributed by atoms with van der Waals surface area (Å²) in [4.78, 5) is 15.0. The van der Waals surface area contributed by atoms with Crippen LogP contribution in [-0.2, 0) is 15.7 Å². The maximum Gasteiger partial charge on any atom is 0.673 e. The SMILES string of the molecule is CC(=O)Nc1ccc([S+](c2ccccc2)c2ccccc2)cc1.F[B-](F)(F)F. The number of rotatable bonds is 4. The molecule has 1 amide bonds. The molecule has 146 valence electrons. The van der Waals surface area contributed by atoms with Crippen LogP contribution in [0.2, 0.25) is 0 Å². The summed E-state index contributed by atoms with van der Waals surface area (Å²) in [5.74, 6) is -0.0529. The van der Waals surface area contributed by atoms with Crippen LogP contribution < -0.4 is 5.32 Å². The Labute approximate surface area is 164 Å². The number of hydrogen-bond acceptors (Lipinski definition) is 1. The van der Waals surface area contributed by atoms with E-state index < -0.39 is 7.25 Å². The molecule has 1 N–H and O–H groups in total. The number of halogens is 4. The van der Waals surface area contributed by atoms with E-state index in [1.165, 1.54) is 21.6 Å². The minimum absolute atomic E-state index is 0.0529. The Kier molecular flexibility index (Phi) is 7.69. The monoisotopic (exact) mass is 407 g/mol. The van der Waals surface area contributed by atoms with Crippen LogP contribution in [0.15, 0.2) is 99.6 Å². The second-order valence-corrected chi connectivity index (χ2v) is 7.66. The van der Waals surface area contributed by atoms with Crippen molar-refractivity contribution in [2.45, 2.75) is 21.6 Å². The number of benzene rings is 3. The Morgan fingerprint density at radius 3 is 1.43 bits per heavy atom. The molecule has 28 heavy (non-hydrogen) atoms. The third-order valence-electron chi connectivity index (χ3n) is 3.37. The third kappa shape index (κ3) is 7.48. The van der Waals surface area contributed by atoms with Crippen molar-refractivity contribution < 1.29 is 22.1 Å². The van der Waals surface area contributed by atoms with Gasteiger partial charge >= 0.3 is 7.25 Å². The Hall–Kier alpha value is -2.74. The van der Waals surface area contributed by atoms with Gasteiger partial charge in [0, 0.05) is 12.6 Å². The summed E-state index contributed by atoms with van der Waals surface area (Å²) >= 11 is 0. The summed E-state index contributed by atoms with van der Waals surface area (Å²) < 4.78 is 39.0. The van der Waals surface area contributed by atoms with E-state index in [9.17, 15) is 22.1 Å². The minimum Gasteiger partial charge on any atom is -0.418 e. The molecule has 0 bridgehead atoms. The number of carbonyl (C=O) groups is 1. The van der Waals surface area contributed by atoms with Crippen molar-refractivity contribution in [1.29, 1.82) is 0 Å². The van der Waals surface area contributed by atoms with E-state index in [1.807, 2.05) is 24.3 Å². The molecule has 0 spiro atoms. The lowest BCUT2D eigenvalue weighted by Crippen LogP contribution is -2.07. The van der Waals surface area contributed by atoms with E-state index in [-0.39, 0.29) is 16.8 Å². The summed E-state index contributed by atoms with van der Waals surface area (Å²) in [6.45, 7) is 1.52. The lowest BCUT2D eigenvalue weighted by molar-refractivity contribution is -0.114. The molecule has 0 saturated heterocycles. The normalized spacial score (nSPS) is 10.8. The van der Waals surface area contributed by atoms with Crippen LogP contribution >= 0.6 is 0 Å². The van der Waals surface area contributed by atoms with Gasteiger partial charge < -0.3 is 22.6 Å². The van der Waals surface area contributed by atoms with Gasteiger partial charge in [-0.25, -0.2) is 0 Å². The number of carbonyl (C=O) groups excluding carboxylic acids is 1. The number of nitrogens with one attached hydrogen (secondary N) is 1. The van der Waals surface area contributed by atoms with Crippen molar-refractivity contribution in [2.24, 2.45) is 0 Å². The van der Waals surface area contributed by atoms with E-state index in [4.69, 9.17) is 0 Å². The zero-order chi connectivity index (χ0) is 20.6. The number of hydrogen-bond donors (Lipinski definition) is 1. The summed E-state index contributed by atoms with van der Waals surface area (Å²) in [5, 5.41) is 2.81. The van der Waals surface area contributed by atoms with Crippen molar-refractivity contribution in [1.82, 2.24) is 0 Å². The van der Waals surface area contributed by atoms with Gasteiger partial charge in [-0.3, -0.25) is 4.79 Å². The smallest absolute Gasteiger partial charge is 0.418 e. The molecule has 0 aliphatic rings. The number of amides is 1. The average molecular weight is 407 g/mol. The molecule has 0 saturated carbocycles. The molecule has 0 aliphatic heterocycles. The molecular weight excluding hydrogens is 389 g/mol. The second-order valence-electron chi connectivity index (χ2n) is 5.63. The second kappa shape index (κ2) is 9.99. The maximum atomic E-state index is 11.2. The molecule has 8 heteroatoms. The molecule has 3 rings (SSSR count). The van der Waals surface area contributed by atoms with E-state index in [2.05, 4.69) is 66.0 Å². The van der Waals surface area contributed by atoms with Gasteiger partial charge in [-0.05, 0) is 48.5 Å². The van der Waals surface area contributed by atoms with E-state index in [1.54, 1.807) is 0 Å². The molecule has 2 nitrogen and oxygen atoms in total. The fourth-order valence-corrected chi connectivity index (χ4v) is 4.48. The Morgan fingerprint density at radius 1 is 0.714 bits per heavy atom. The lowest BCUT2D eigenvalue weighted by Gasteiger charge is -2.08. The van der Waals surface area contributed by atoms with E-state index in [0.29, 0.717) is 0 Å². The standard InChI is InChI=1S/C20H17NOS.BF4/c1-16(22)21-17-12-14-20(15-13-17)23(18-8-4-2-5-9-18)19-10-6-3-7-11-19;2-1(3,4)5/h2-15H,1H3;/q;-1/p+1. The van der Waals surface area contributed by atoms with Crippen molar-refractivity contribution in [3.05, 3.63) is 84.9 Å². The average Bonchev–Trinajstić information content (AvgIpc) is 2.63. The summed E-state index contributed by atoms with van der Waals surface area (Å²) in [6, 6.07) is 29.1. The first-order valence-electron chi connectivity index (χ1n) is 8.33. The first kappa shape index (κ1) is 21.6. The fourth-order valence-electron chi connectivity index (χ4n) is 2.40. The van der Waals surface area contributed by atoms with Crippen molar-refractivity contribution in [3.8, 4) is 0 Å². The lowest BCUT2D eigenvalue weighted by atomic mass is 10.3. The highest BCUT2D eigenvalue weighted by molar-refractivity contribution is 7.97. The highest BCUT2D eigenvalue weighted by Gasteiger charge is 2.28. The predicted molar refractivity (Wildman–Crippen MR) is 106 cm³/mol. The largest absolute Gasteiger partial charge is 0.673 e. The van der Waals surface area contributed by atoms with Gasteiger partial charge in [0.2, 0.25) is 5.91 Å². The quantitative estimate of drug-likeness (QED) is 0.319. The number of anilines is 1. The molecule has 3 aromatic rings. The Balaban J connectivity index is 0.000000500. The molecule has 0 fully saturated rings. The summed E-state index contributed by atoms with van der Waals surface area (Å²) in [7, 11) is -6.15. The topological polar surface area (TPSA) is 29.1 Å². The van der Waals surface area contributed by atoms with Gasteiger partial charge in [0.25, 0.3) is 0 Å². The zero-order valence-electron chi connectivity index (χ0n) is 15.0. The first-order valence-corrected chi connectivity index (χ1v) is 9.56. The highest BCUT2D eigenvalue weighted by Crippen LogP contribution is 2.31. The summed E-state index contributed by atoms with van der Waals surface area (Å²) in [5.41, 5.74) is 0.825. The molecule has 0 aromatic heterocycles. The molecule has 0 heterocycles. The molecule has 0 unspecified atom stereocenters. The molecule has 0 atom stereocenters. The fraction of sp³-hybridized carbons (Fsp3) is 0.0500. The van der Waals surface area contributed by atoms with E-state index >= 15 is 0 Å². The molecule has 0 radical (unpaired) electrons. The predicted octanol–water partition coefficient (Wildman–Crippen LogP) is 6.04. The van der Waals surface area contributed by atoms with Crippen molar-refractivity contribution in [2.75, 3.05) is 5.32 Å². The van der Waals surface area contributed by atoms with Gasteiger partial charge in [0.15, 0.2) is 14.7 Å². The Morgan fingerprint density at radius 2 is 1.07 bits per heavy atom. The van der Waals surface area contributed by atoms with Crippen LogP contribution in [0, 0.1) is 0 Å². The van der Waals surface area contributed by atoms with Crippen LogP contribution in [0.25, 0.3) is 0 Å². The van der Waals surface area contributed by atoms with Crippen LogP contribution in [0.4, 0.5) is 23.0 Å². The molecule has 3 aromatic carbocycles. The first-order chi connectivity index (χ1) is 13.2. The van der Waals surface area contributed by atoms with Gasteiger partial charge in [-0.2, -0.15) is 0 Å². The van der Waals surface area contributed by atoms with Crippen LogP contribution in [0.5, 0.6) is 0 Å². The van der Waals surface area contributed by atoms with E-state index in [0.717, 1.165) is 5.69 Å². The minimum atomic E-state index is -6.00.